The molecule has 0 unspecified atom stereocenters. The molecular weight excluding hydrogens is 405 g/mol. The molecule has 1 N–H and O–H groups in total. The predicted molar refractivity (Wildman–Crippen MR) is 103 cm³/mol. The third kappa shape index (κ3) is 4.88. The molecule has 2 aromatic carbocycles. The van der Waals surface area contributed by atoms with E-state index in [2.05, 4.69) is 5.32 Å². The highest BCUT2D eigenvalue weighted by Gasteiger charge is 2.16. The van der Waals surface area contributed by atoms with Crippen LogP contribution in [0, 0.1) is 0 Å². The van der Waals surface area contributed by atoms with Crippen LogP contribution < -0.4 is 14.8 Å². The third-order valence-electron chi connectivity index (χ3n) is 3.36. The summed E-state index contributed by atoms with van der Waals surface area (Å²) in [6.45, 7) is 1.14. The van der Waals surface area contributed by atoms with E-state index in [-0.39, 0.29) is 11.7 Å². The van der Waals surface area contributed by atoms with Crippen LogP contribution in [0.15, 0.2) is 35.2 Å². The smallest absolute Gasteiger partial charge is 0.234 e. The summed E-state index contributed by atoms with van der Waals surface area (Å²) in [5.41, 5.74) is 0.480. The fourth-order valence-corrected chi connectivity index (χ4v) is 3.69. The second kappa shape index (κ2) is 8.41. The number of carbonyl (C=O) groups is 1. The third-order valence-corrected chi connectivity index (χ3v) is 5.41. The molecule has 1 amide bonds. The van der Waals surface area contributed by atoms with Gasteiger partial charge in [0.25, 0.3) is 0 Å². The van der Waals surface area contributed by atoms with Crippen LogP contribution in [0.5, 0.6) is 11.5 Å². The lowest BCUT2D eigenvalue weighted by Gasteiger charge is -2.12. The Balaban J connectivity index is 1.66. The molecule has 0 bridgehead atoms. The van der Waals surface area contributed by atoms with Crippen molar-refractivity contribution < 1.29 is 14.3 Å². The van der Waals surface area contributed by atoms with Crippen LogP contribution in [0.4, 0.5) is 5.69 Å². The maximum atomic E-state index is 12.2. The molecule has 4 nitrogen and oxygen atoms in total. The molecule has 0 aromatic heterocycles. The van der Waals surface area contributed by atoms with Crippen LogP contribution in [0.25, 0.3) is 0 Å². The molecule has 0 atom stereocenters. The van der Waals surface area contributed by atoms with Gasteiger partial charge in [-0.05, 0) is 18.2 Å². The highest BCUT2D eigenvalue weighted by molar-refractivity contribution is 8.00. The minimum atomic E-state index is -0.211. The average molecular weight is 419 g/mol. The van der Waals surface area contributed by atoms with Gasteiger partial charge in [-0.3, -0.25) is 4.79 Å². The van der Waals surface area contributed by atoms with Gasteiger partial charge < -0.3 is 14.8 Å². The molecule has 0 spiro atoms. The van der Waals surface area contributed by atoms with Crippen molar-refractivity contribution in [3.63, 3.8) is 0 Å². The molecule has 0 saturated heterocycles. The van der Waals surface area contributed by atoms with E-state index in [1.807, 2.05) is 0 Å². The van der Waals surface area contributed by atoms with Gasteiger partial charge in [0.05, 0.1) is 34.7 Å². The number of amides is 1. The number of thioether (sulfide) groups is 1. The van der Waals surface area contributed by atoms with Gasteiger partial charge in [0.1, 0.15) is 0 Å². The zero-order valence-corrected chi connectivity index (χ0v) is 16.1. The number of halogens is 3. The molecule has 8 heteroatoms. The second-order valence-corrected chi connectivity index (χ2v) is 7.51. The molecule has 1 aliphatic heterocycles. The van der Waals surface area contributed by atoms with Crippen molar-refractivity contribution in [1.29, 1.82) is 0 Å². The first-order valence-electron chi connectivity index (χ1n) is 7.50. The highest BCUT2D eigenvalue weighted by atomic mass is 35.5. The second-order valence-electron chi connectivity index (χ2n) is 5.24. The maximum Gasteiger partial charge on any atom is 0.234 e. The van der Waals surface area contributed by atoms with Crippen molar-refractivity contribution in [1.82, 2.24) is 0 Å². The van der Waals surface area contributed by atoms with Gasteiger partial charge in [-0.2, -0.15) is 0 Å². The molecule has 25 heavy (non-hydrogen) atoms. The van der Waals surface area contributed by atoms with Crippen molar-refractivity contribution >= 4 is 58.2 Å². The summed E-state index contributed by atoms with van der Waals surface area (Å²) in [4.78, 5) is 13.0. The molecule has 0 aliphatic carbocycles. The number of ether oxygens (including phenoxy) is 2. The van der Waals surface area contributed by atoms with Gasteiger partial charge >= 0.3 is 0 Å². The van der Waals surface area contributed by atoms with Crippen LogP contribution >= 0.6 is 46.6 Å². The molecule has 0 radical (unpaired) electrons. The number of nitrogens with one attached hydrogen (secondary N) is 1. The lowest BCUT2D eigenvalue weighted by Crippen LogP contribution is -2.14. The predicted octanol–water partition coefficient (Wildman–Crippen LogP) is 5.54. The first-order chi connectivity index (χ1) is 12.0. The topological polar surface area (TPSA) is 47.6 Å². The van der Waals surface area contributed by atoms with Gasteiger partial charge in [0, 0.05) is 28.5 Å². The molecule has 1 aliphatic rings. The van der Waals surface area contributed by atoms with Crippen LogP contribution in [0.2, 0.25) is 15.1 Å². The van der Waals surface area contributed by atoms with Gasteiger partial charge in [-0.15, -0.1) is 11.8 Å². The molecule has 1 heterocycles. The molecule has 3 rings (SSSR count). The number of hydrogen-bond donors (Lipinski definition) is 1. The molecular formula is C17H14Cl3NO3S. The Bertz CT molecular complexity index is 801. The average Bonchev–Trinajstić information content (AvgIpc) is 2.81. The first-order valence-corrected chi connectivity index (χ1v) is 9.62. The van der Waals surface area contributed by atoms with E-state index >= 15 is 0 Å². The largest absolute Gasteiger partial charge is 0.490 e. The van der Waals surface area contributed by atoms with E-state index in [1.165, 1.54) is 11.8 Å². The van der Waals surface area contributed by atoms with E-state index < -0.39 is 0 Å². The Kier molecular flexibility index (Phi) is 6.23. The molecule has 2 aromatic rings. The Morgan fingerprint density at radius 3 is 2.52 bits per heavy atom. The Hall–Kier alpha value is -1.27. The van der Waals surface area contributed by atoms with Crippen LogP contribution in [0.3, 0.4) is 0 Å². The first kappa shape index (κ1) is 18.5. The van der Waals surface area contributed by atoms with E-state index in [9.17, 15) is 4.79 Å². The lowest BCUT2D eigenvalue weighted by atomic mass is 10.2. The standard InChI is InChI=1S/C17H14Cl3NO3S/c18-10-2-3-11(19)16(6-10)25-9-17(22)21-13-8-15-14(7-12(13)20)23-4-1-5-24-15/h2-3,6-8H,1,4-5,9H2,(H,21,22). The fourth-order valence-electron chi connectivity index (χ4n) is 2.20. The van der Waals surface area contributed by atoms with E-state index in [1.54, 1.807) is 30.3 Å². The summed E-state index contributed by atoms with van der Waals surface area (Å²) < 4.78 is 11.2. The SMILES string of the molecule is O=C(CSc1cc(Cl)ccc1Cl)Nc1cc2c(cc1Cl)OCCCO2. The Morgan fingerprint density at radius 2 is 1.76 bits per heavy atom. The van der Waals surface area contributed by atoms with Crippen LogP contribution in [0.1, 0.15) is 6.42 Å². The van der Waals surface area contributed by atoms with Crippen molar-refractivity contribution in [2.75, 3.05) is 24.3 Å². The minimum Gasteiger partial charge on any atom is -0.490 e. The number of hydrogen-bond acceptors (Lipinski definition) is 4. The zero-order chi connectivity index (χ0) is 17.8. The fraction of sp³-hybridized carbons (Fsp3) is 0.235. The number of rotatable bonds is 4. The van der Waals surface area contributed by atoms with Gasteiger partial charge in [-0.25, -0.2) is 0 Å². The summed E-state index contributed by atoms with van der Waals surface area (Å²) in [5, 5.41) is 4.29. The van der Waals surface area contributed by atoms with Crippen molar-refractivity contribution in [3.8, 4) is 11.5 Å². The Labute approximate surface area is 164 Å². The number of anilines is 1. The van der Waals surface area contributed by atoms with Crippen LogP contribution in [-0.4, -0.2) is 24.9 Å². The number of fused-ring (bicyclic) bond motifs is 1. The summed E-state index contributed by atoms with van der Waals surface area (Å²) in [6.07, 6.45) is 0.797. The summed E-state index contributed by atoms with van der Waals surface area (Å²) in [6, 6.07) is 8.45. The van der Waals surface area contributed by atoms with Crippen LogP contribution in [-0.2, 0) is 4.79 Å². The van der Waals surface area contributed by atoms with Gasteiger partial charge in [-0.1, -0.05) is 34.8 Å². The summed E-state index contributed by atoms with van der Waals surface area (Å²) in [5.74, 6) is 1.12. The monoisotopic (exact) mass is 417 g/mol. The highest BCUT2D eigenvalue weighted by Crippen LogP contribution is 2.38. The van der Waals surface area contributed by atoms with Crippen molar-refractivity contribution in [3.05, 3.63) is 45.4 Å². The zero-order valence-electron chi connectivity index (χ0n) is 13.0. The molecule has 132 valence electrons. The summed E-state index contributed by atoms with van der Waals surface area (Å²) >= 11 is 19.6. The molecule has 0 saturated carbocycles. The van der Waals surface area contributed by atoms with Crippen molar-refractivity contribution in [2.24, 2.45) is 0 Å². The van der Waals surface area contributed by atoms with E-state index in [0.29, 0.717) is 45.5 Å². The normalized spacial score (nSPS) is 13.2. The summed E-state index contributed by atoms with van der Waals surface area (Å²) in [7, 11) is 0. The van der Waals surface area contributed by atoms with Crippen molar-refractivity contribution in [2.45, 2.75) is 11.3 Å². The quantitative estimate of drug-likeness (QED) is 0.662. The Morgan fingerprint density at radius 1 is 1.04 bits per heavy atom. The molecule has 0 fully saturated rings. The van der Waals surface area contributed by atoms with Gasteiger partial charge in [0.2, 0.25) is 5.91 Å². The van der Waals surface area contributed by atoms with Gasteiger partial charge in [0.15, 0.2) is 11.5 Å². The number of benzene rings is 2. The lowest BCUT2D eigenvalue weighted by molar-refractivity contribution is -0.113. The maximum absolute atomic E-state index is 12.2. The van der Waals surface area contributed by atoms with E-state index in [4.69, 9.17) is 44.3 Å². The minimum absolute atomic E-state index is 0.171. The number of carbonyl (C=O) groups excluding carboxylic acids is 1. The van der Waals surface area contributed by atoms with E-state index in [0.717, 1.165) is 11.3 Å².